The van der Waals surface area contributed by atoms with E-state index >= 15 is 0 Å². The average Bonchev–Trinajstić information content (AvgIpc) is 2.32. The fourth-order valence-electron chi connectivity index (χ4n) is 2.27. The van der Waals surface area contributed by atoms with E-state index in [2.05, 4.69) is 46.1 Å². The summed E-state index contributed by atoms with van der Waals surface area (Å²) < 4.78 is 0. The summed E-state index contributed by atoms with van der Waals surface area (Å²) >= 11 is 0. The van der Waals surface area contributed by atoms with Crippen LogP contribution in [0.3, 0.4) is 0 Å². The normalized spacial score (nSPS) is 23.2. The molecule has 0 aromatic rings. The highest BCUT2D eigenvalue weighted by atomic mass is 14.4. The molecule has 0 saturated heterocycles. The van der Waals surface area contributed by atoms with Gasteiger partial charge in [-0.15, -0.1) is 0 Å². The molecule has 0 fully saturated rings. The summed E-state index contributed by atoms with van der Waals surface area (Å²) in [7, 11) is 0. The number of hydrogen-bond acceptors (Lipinski definition) is 0. The Hall–Kier alpha value is -1.30. The van der Waals surface area contributed by atoms with Gasteiger partial charge in [-0.2, -0.15) is 0 Å². The summed E-state index contributed by atoms with van der Waals surface area (Å²) in [4.78, 5) is 0. The Morgan fingerprint density at radius 2 is 1.87 bits per heavy atom. The highest BCUT2D eigenvalue weighted by molar-refractivity contribution is 5.62. The first-order valence-corrected chi connectivity index (χ1v) is 5.33. The quantitative estimate of drug-likeness (QED) is 0.611. The van der Waals surface area contributed by atoms with Crippen molar-refractivity contribution in [1.82, 2.24) is 0 Å². The molecule has 80 valence electrons. The lowest BCUT2D eigenvalue weighted by Gasteiger charge is -2.23. The van der Waals surface area contributed by atoms with Gasteiger partial charge in [0.2, 0.25) is 0 Å². The number of hydrogen-bond donors (Lipinski definition) is 0. The zero-order chi connectivity index (χ0) is 11.6. The predicted octanol–water partition coefficient (Wildman–Crippen LogP) is 4.59. The van der Waals surface area contributed by atoms with E-state index in [-0.39, 0.29) is 5.41 Å². The van der Waals surface area contributed by atoms with Crippen molar-refractivity contribution in [2.45, 2.75) is 27.7 Å². The van der Waals surface area contributed by atoms with Crippen molar-refractivity contribution in [2.75, 3.05) is 0 Å². The van der Waals surface area contributed by atoms with Crippen molar-refractivity contribution in [3.8, 4) is 0 Å². The molecule has 0 heteroatoms. The van der Waals surface area contributed by atoms with Gasteiger partial charge >= 0.3 is 0 Å². The molecule has 0 saturated carbocycles. The molecule has 0 amide bonds. The lowest BCUT2D eigenvalue weighted by Crippen LogP contribution is -2.12. The predicted molar refractivity (Wildman–Crippen MR) is 68.7 cm³/mol. The monoisotopic (exact) mass is 200 g/mol. The summed E-state index contributed by atoms with van der Waals surface area (Å²) in [5, 5.41) is 0. The smallest absolute Gasteiger partial charge is 0.0154 e. The van der Waals surface area contributed by atoms with E-state index in [1.54, 1.807) is 0 Å². The minimum absolute atomic E-state index is 0.0441. The van der Waals surface area contributed by atoms with Crippen molar-refractivity contribution >= 4 is 0 Å². The minimum Gasteiger partial charge on any atom is -0.0987 e. The third kappa shape index (κ3) is 1.77. The molecule has 15 heavy (non-hydrogen) atoms. The van der Waals surface area contributed by atoms with E-state index in [9.17, 15) is 0 Å². The van der Waals surface area contributed by atoms with Crippen LogP contribution < -0.4 is 0 Å². The Bertz CT molecular complexity index is 384. The first-order valence-electron chi connectivity index (χ1n) is 5.33. The molecule has 0 aromatic carbocycles. The van der Waals surface area contributed by atoms with Gasteiger partial charge in [-0.1, -0.05) is 51.3 Å². The highest BCUT2D eigenvalue weighted by Gasteiger charge is 2.35. The molecule has 0 bridgehead atoms. The molecule has 1 aliphatic rings. The van der Waals surface area contributed by atoms with Gasteiger partial charge in [0.15, 0.2) is 0 Å². The minimum atomic E-state index is 0.0441. The third-order valence-electron chi connectivity index (χ3n) is 3.19. The van der Waals surface area contributed by atoms with Crippen LogP contribution in [0.5, 0.6) is 0 Å². The van der Waals surface area contributed by atoms with Crippen molar-refractivity contribution in [2.24, 2.45) is 5.41 Å². The van der Waals surface area contributed by atoms with Crippen LogP contribution in [0.2, 0.25) is 0 Å². The molecule has 0 aromatic heterocycles. The second kappa shape index (κ2) is 4.06. The van der Waals surface area contributed by atoms with E-state index in [1.165, 1.54) is 16.7 Å². The average molecular weight is 200 g/mol. The molecule has 0 unspecified atom stereocenters. The Kier molecular flexibility index (Phi) is 3.18. The van der Waals surface area contributed by atoms with Crippen LogP contribution in [0.4, 0.5) is 0 Å². The maximum absolute atomic E-state index is 4.16. The maximum Gasteiger partial charge on any atom is 0.0154 e. The van der Waals surface area contributed by atoms with Crippen molar-refractivity contribution in [3.05, 3.63) is 59.8 Å². The largest absolute Gasteiger partial charge is 0.0987 e. The van der Waals surface area contributed by atoms with E-state index in [0.29, 0.717) is 0 Å². The highest BCUT2D eigenvalue weighted by Crippen LogP contribution is 2.49. The van der Waals surface area contributed by atoms with Crippen molar-refractivity contribution in [3.63, 3.8) is 0 Å². The second-order valence-corrected chi connectivity index (χ2v) is 4.45. The molecule has 1 aliphatic carbocycles. The Balaban J connectivity index is 3.31. The van der Waals surface area contributed by atoms with Crippen molar-refractivity contribution < 1.29 is 0 Å². The molecule has 0 radical (unpaired) electrons. The Morgan fingerprint density at radius 3 is 2.27 bits per heavy atom. The van der Waals surface area contributed by atoms with E-state index in [0.717, 1.165) is 5.57 Å². The zero-order valence-electron chi connectivity index (χ0n) is 10.2. The van der Waals surface area contributed by atoms with Gasteiger partial charge in [0, 0.05) is 5.41 Å². The van der Waals surface area contributed by atoms with Crippen LogP contribution in [0, 0.1) is 5.41 Å². The van der Waals surface area contributed by atoms with Crippen LogP contribution in [0.15, 0.2) is 59.8 Å². The van der Waals surface area contributed by atoms with Gasteiger partial charge in [0.05, 0.1) is 0 Å². The molecular formula is C15H20. The third-order valence-corrected chi connectivity index (χ3v) is 3.19. The second-order valence-electron chi connectivity index (χ2n) is 4.45. The maximum atomic E-state index is 4.16. The summed E-state index contributed by atoms with van der Waals surface area (Å²) in [6.07, 6.45) is 8.22. The number of allylic oxidation sites excluding steroid dienone is 8. The molecule has 1 rings (SSSR count). The standard InChI is InChI=1S/C15H20/c1-7-9-10-14-12(4)11(3)13(8-2)15(14,5)6/h7-10H,2,4H2,1,3,5-6H3/b9-7-,14-10+. The first kappa shape index (κ1) is 11.8. The fraction of sp³-hybridized carbons (Fsp3) is 0.333. The Labute approximate surface area is 93.4 Å². The molecular weight excluding hydrogens is 180 g/mol. The van der Waals surface area contributed by atoms with Crippen LogP contribution in [-0.2, 0) is 0 Å². The van der Waals surface area contributed by atoms with Gasteiger partial charge < -0.3 is 0 Å². The SMILES string of the molecule is C=CC1=C(C)C(=C)/C(=C\C=C/C)C1(C)C. The van der Waals surface area contributed by atoms with Gasteiger partial charge in [-0.3, -0.25) is 0 Å². The van der Waals surface area contributed by atoms with Crippen LogP contribution in [0.25, 0.3) is 0 Å². The molecule has 0 N–H and O–H groups in total. The molecule has 0 spiro atoms. The lowest BCUT2D eigenvalue weighted by atomic mass is 9.80. The zero-order valence-corrected chi connectivity index (χ0v) is 10.2. The first-order chi connectivity index (χ1) is 6.96. The van der Waals surface area contributed by atoms with Gasteiger partial charge in [0.1, 0.15) is 0 Å². The molecule has 0 atom stereocenters. The summed E-state index contributed by atoms with van der Waals surface area (Å²) in [5.74, 6) is 0. The summed E-state index contributed by atoms with van der Waals surface area (Å²) in [6.45, 7) is 16.6. The Morgan fingerprint density at radius 1 is 1.27 bits per heavy atom. The van der Waals surface area contributed by atoms with E-state index in [1.807, 2.05) is 19.1 Å². The molecule has 0 nitrogen and oxygen atoms in total. The lowest BCUT2D eigenvalue weighted by molar-refractivity contribution is 0.579. The van der Waals surface area contributed by atoms with Crippen molar-refractivity contribution in [1.29, 1.82) is 0 Å². The fourth-order valence-corrected chi connectivity index (χ4v) is 2.27. The number of rotatable bonds is 2. The van der Waals surface area contributed by atoms with E-state index in [4.69, 9.17) is 0 Å². The summed E-state index contributed by atoms with van der Waals surface area (Å²) in [6, 6.07) is 0. The topological polar surface area (TPSA) is 0 Å². The van der Waals surface area contributed by atoms with E-state index < -0.39 is 0 Å². The van der Waals surface area contributed by atoms with Gasteiger partial charge in [-0.25, -0.2) is 0 Å². The molecule has 0 aliphatic heterocycles. The molecule has 0 heterocycles. The summed E-state index contributed by atoms with van der Waals surface area (Å²) in [5.41, 5.74) is 5.05. The van der Waals surface area contributed by atoms with Crippen LogP contribution >= 0.6 is 0 Å². The van der Waals surface area contributed by atoms with Gasteiger partial charge in [-0.05, 0) is 36.1 Å². The van der Waals surface area contributed by atoms with Crippen LogP contribution in [-0.4, -0.2) is 0 Å². The van der Waals surface area contributed by atoms with Crippen LogP contribution in [0.1, 0.15) is 27.7 Å². The van der Waals surface area contributed by atoms with Gasteiger partial charge in [0.25, 0.3) is 0 Å².